The van der Waals surface area contributed by atoms with Crippen LogP contribution in [0.2, 0.25) is 0 Å². The minimum atomic E-state index is -1.71. The van der Waals surface area contributed by atoms with Crippen molar-refractivity contribution in [2.24, 2.45) is 34.0 Å². The minimum absolute atomic E-state index is 0. The molecule has 3 saturated carbocycles. The van der Waals surface area contributed by atoms with E-state index in [-0.39, 0.29) is 84.2 Å². The van der Waals surface area contributed by atoms with E-state index in [1.54, 1.807) is 19.9 Å². The number of aliphatic hydroxyl groups is 2. The van der Waals surface area contributed by atoms with Crippen LogP contribution in [0.1, 0.15) is 85.5 Å². The third-order valence-electron chi connectivity index (χ3n) is 10.1. The Labute approximate surface area is 240 Å². The Bertz CT molecular complexity index is 1000. The predicted octanol–water partition coefficient (Wildman–Crippen LogP) is 0.228. The van der Waals surface area contributed by atoms with Gasteiger partial charge in [0.05, 0.1) is 18.9 Å². The molecule has 0 heterocycles. The van der Waals surface area contributed by atoms with Gasteiger partial charge in [-0.1, -0.05) is 33.3 Å². The van der Waals surface area contributed by atoms with Gasteiger partial charge in [0.25, 0.3) is 0 Å². The quantitative estimate of drug-likeness (QED) is 0.316. The van der Waals surface area contributed by atoms with Crippen molar-refractivity contribution in [3.8, 4) is 0 Å². The van der Waals surface area contributed by atoms with Gasteiger partial charge in [-0.25, -0.2) is 0 Å². The molecular weight excluding hydrogens is 487 g/mol. The van der Waals surface area contributed by atoms with Crippen molar-refractivity contribution in [3.63, 3.8) is 0 Å². The summed E-state index contributed by atoms with van der Waals surface area (Å²) in [5.74, 6) is -1.94. The molecule has 9 heteroatoms. The van der Waals surface area contributed by atoms with Crippen LogP contribution < -0.4 is 29.6 Å². The molecule has 7 atom stereocenters. The molecule has 0 spiro atoms. The molecular formula is C28H40NaO8+. The second-order valence-electron chi connectivity index (χ2n) is 13.0. The first-order valence-corrected chi connectivity index (χ1v) is 13.2. The van der Waals surface area contributed by atoms with Crippen LogP contribution >= 0.6 is 0 Å². The van der Waals surface area contributed by atoms with E-state index in [1.165, 1.54) is 0 Å². The molecule has 8 nitrogen and oxygen atoms in total. The molecule has 0 bridgehead atoms. The molecule has 0 aromatic heterocycles. The number of hydrogen-bond acceptors (Lipinski definition) is 7. The van der Waals surface area contributed by atoms with Gasteiger partial charge in [-0.3, -0.25) is 19.2 Å². The number of aliphatic hydroxyl groups excluding tert-OH is 1. The maximum atomic E-state index is 13.3. The van der Waals surface area contributed by atoms with Crippen molar-refractivity contribution in [3.05, 3.63) is 11.6 Å². The van der Waals surface area contributed by atoms with Gasteiger partial charge >= 0.3 is 41.5 Å². The zero-order chi connectivity index (χ0) is 26.7. The fourth-order valence-corrected chi connectivity index (χ4v) is 8.33. The summed E-state index contributed by atoms with van der Waals surface area (Å²) in [5, 5.41) is 32.2. The van der Waals surface area contributed by atoms with Crippen molar-refractivity contribution >= 4 is 23.5 Å². The minimum Gasteiger partial charge on any atom is -0.481 e. The van der Waals surface area contributed by atoms with Crippen molar-refractivity contribution in [1.29, 1.82) is 0 Å². The van der Waals surface area contributed by atoms with Gasteiger partial charge in [-0.2, -0.15) is 0 Å². The zero-order valence-corrected chi connectivity index (χ0v) is 24.8. The first-order valence-electron chi connectivity index (χ1n) is 13.2. The SMILES string of the molecule is CC(C)(CC(=O)O)CC(=O)OCC(=O)[C@@]1(O)CC[C@H]2[C@@H]3CCC4=CC(=O)CC[C@]4(C)[C@H]3[C@@H](O)C[C@@]21C.[Na+]. The number of carboxylic acid groups (broad SMARTS) is 1. The van der Waals surface area contributed by atoms with Crippen LogP contribution in [-0.2, 0) is 23.9 Å². The zero-order valence-electron chi connectivity index (χ0n) is 22.8. The van der Waals surface area contributed by atoms with E-state index in [4.69, 9.17) is 9.84 Å². The summed E-state index contributed by atoms with van der Waals surface area (Å²) in [6, 6.07) is 0. The summed E-state index contributed by atoms with van der Waals surface area (Å²) in [4.78, 5) is 48.7. The predicted molar refractivity (Wildman–Crippen MR) is 130 cm³/mol. The number of fused-ring (bicyclic) bond motifs is 5. The van der Waals surface area contributed by atoms with E-state index in [0.29, 0.717) is 12.8 Å². The Morgan fingerprint density at radius 3 is 2.43 bits per heavy atom. The Morgan fingerprint density at radius 1 is 1.11 bits per heavy atom. The molecule has 4 rings (SSSR count). The standard InChI is InChI=1S/C28H40O8.Na/c1-25(2,13-22(32)33)14-23(34)36-15-21(31)28(35)10-8-19-18-6-5-16-11-17(29)7-9-26(16,3)24(18)20(30)12-27(19,28)4;/h11,18-20,24,30,35H,5-10,12-15H2,1-4H3,(H,32,33);/q;+1/t18-,19-,20-,24+,26-,27-,28-;/m0./s1. The average Bonchev–Trinajstić information content (AvgIpc) is 3.02. The number of ether oxygens (including phenoxy) is 1. The summed E-state index contributed by atoms with van der Waals surface area (Å²) in [6.07, 6.45) is 4.70. The second kappa shape index (κ2) is 10.5. The van der Waals surface area contributed by atoms with E-state index >= 15 is 0 Å². The number of rotatable bonds is 7. The molecule has 0 saturated heterocycles. The third kappa shape index (κ3) is 5.25. The Hall–Kier alpha value is -1.06. The summed E-state index contributed by atoms with van der Waals surface area (Å²) in [5.41, 5.74) is -2.49. The number of Topliss-reactive ketones (excluding diaryl/α,β-unsaturated/α-hetero) is 1. The molecule has 3 fully saturated rings. The summed E-state index contributed by atoms with van der Waals surface area (Å²) in [6.45, 7) is 6.77. The van der Waals surface area contributed by atoms with Crippen molar-refractivity contribution in [1.82, 2.24) is 0 Å². The van der Waals surface area contributed by atoms with Gasteiger partial charge in [-0.15, -0.1) is 0 Å². The molecule has 0 aromatic rings. The molecule has 0 unspecified atom stereocenters. The number of aliphatic carboxylic acids is 1. The number of carbonyl (C=O) groups excluding carboxylic acids is 3. The van der Waals surface area contributed by atoms with Gasteiger partial charge in [0.1, 0.15) is 5.60 Å². The van der Waals surface area contributed by atoms with Crippen molar-refractivity contribution < 1.29 is 68.8 Å². The van der Waals surface area contributed by atoms with Crippen LogP contribution in [0.15, 0.2) is 11.6 Å². The summed E-state index contributed by atoms with van der Waals surface area (Å²) in [7, 11) is 0. The molecule has 0 radical (unpaired) electrons. The number of hydrogen-bond donors (Lipinski definition) is 3. The fraction of sp³-hybridized carbons (Fsp3) is 0.786. The molecule has 0 aliphatic heterocycles. The molecule has 0 amide bonds. The maximum Gasteiger partial charge on any atom is 1.00 e. The van der Waals surface area contributed by atoms with Crippen molar-refractivity contribution in [2.75, 3.05) is 6.61 Å². The van der Waals surface area contributed by atoms with E-state index in [1.807, 2.05) is 6.92 Å². The Kier molecular flexibility index (Phi) is 8.64. The van der Waals surface area contributed by atoms with Gasteiger partial charge in [-0.05, 0) is 73.2 Å². The Balaban J connectivity index is 0.00000380. The average molecular weight is 528 g/mol. The molecule has 0 aromatic carbocycles. The summed E-state index contributed by atoms with van der Waals surface area (Å²) < 4.78 is 5.21. The number of ketones is 2. The van der Waals surface area contributed by atoms with Crippen LogP contribution in [-0.4, -0.2) is 57.1 Å². The van der Waals surface area contributed by atoms with Crippen LogP contribution in [0.5, 0.6) is 0 Å². The summed E-state index contributed by atoms with van der Waals surface area (Å²) >= 11 is 0. The third-order valence-corrected chi connectivity index (χ3v) is 10.1. The van der Waals surface area contributed by atoms with E-state index < -0.39 is 46.9 Å². The molecule has 200 valence electrons. The van der Waals surface area contributed by atoms with Gasteiger partial charge in [0.2, 0.25) is 5.78 Å². The number of esters is 1. The molecule has 3 N–H and O–H groups in total. The first-order chi connectivity index (χ1) is 16.6. The number of allylic oxidation sites excluding steroid dienone is 1. The number of carbonyl (C=O) groups is 4. The normalized spacial score (nSPS) is 38.9. The molecule has 37 heavy (non-hydrogen) atoms. The van der Waals surface area contributed by atoms with E-state index in [9.17, 15) is 29.4 Å². The largest absolute Gasteiger partial charge is 1.00 e. The van der Waals surface area contributed by atoms with Crippen LogP contribution in [0.25, 0.3) is 0 Å². The second-order valence-corrected chi connectivity index (χ2v) is 13.0. The van der Waals surface area contributed by atoms with Crippen LogP contribution in [0.4, 0.5) is 0 Å². The van der Waals surface area contributed by atoms with Crippen molar-refractivity contribution in [2.45, 2.75) is 97.2 Å². The fourth-order valence-electron chi connectivity index (χ4n) is 8.33. The Morgan fingerprint density at radius 2 is 1.78 bits per heavy atom. The van der Waals surface area contributed by atoms with E-state index in [2.05, 4.69) is 6.92 Å². The van der Waals surface area contributed by atoms with Gasteiger partial charge < -0.3 is 20.1 Å². The number of carboxylic acids is 1. The van der Waals surface area contributed by atoms with Crippen LogP contribution in [0.3, 0.4) is 0 Å². The monoisotopic (exact) mass is 527 g/mol. The van der Waals surface area contributed by atoms with Gasteiger partial charge in [0, 0.05) is 11.8 Å². The first kappa shape index (κ1) is 30.5. The van der Waals surface area contributed by atoms with E-state index in [0.717, 1.165) is 24.8 Å². The smallest absolute Gasteiger partial charge is 0.481 e. The topological polar surface area (TPSA) is 138 Å². The maximum absolute atomic E-state index is 13.3. The van der Waals surface area contributed by atoms with Gasteiger partial charge in [0.15, 0.2) is 12.4 Å². The van der Waals surface area contributed by atoms with Crippen LogP contribution in [0, 0.1) is 34.0 Å². The molecule has 4 aliphatic rings. The molecule has 4 aliphatic carbocycles.